The molecule has 0 aromatic heterocycles. The first-order chi connectivity index (χ1) is 9.72. The molecule has 2 aromatic carbocycles. The first-order valence-corrected chi connectivity index (χ1v) is 6.58. The van der Waals surface area contributed by atoms with E-state index in [1.54, 1.807) is 12.1 Å². The standard InChI is InChI=1S/C16H18N2O2/c1-2-12-5-3-4-6-15(12)20-14-9-7-13(8-10-14)18-16(19)11-17/h3-10H,2,11,17H2,1H3,(H,18,19). The van der Waals surface area contributed by atoms with Gasteiger partial charge in [0.05, 0.1) is 6.54 Å². The highest BCUT2D eigenvalue weighted by molar-refractivity contribution is 5.92. The van der Waals surface area contributed by atoms with E-state index in [4.69, 9.17) is 10.5 Å². The van der Waals surface area contributed by atoms with Crippen LogP contribution >= 0.6 is 0 Å². The zero-order chi connectivity index (χ0) is 14.4. The molecular weight excluding hydrogens is 252 g/mol. The summed E-state index contributed by atoms with van der Waals surface area (Å²) in [5.41, 5.74) is 7.11. The molecule has 0 aliphatic heterocycles. The fourth-order valence-electron chi connectivity index (χ4n) is 1.84. The van der Waals surface area contributed by atoms with Crippen LogP contribution in [0.5, 0.6) is 11.5 Å². The van der Waals surface area contributed by atoms with E-state index in [9.17, 15) is 4.79 Å². The van der Waals surface area contributed by atoms with Crippen LogP contribution in [0.15, 0.2) is 48.5 Å². The minimum Gasteiger partial charge on any atom is -0.457 e. The monoisotopic (exact) mass is 270 g/mol. The highest BCUT2D eigenvalue weighted by atomic mass is 16.5. The third-order valence-corrected chi connectivity index (χ3v) is 2.90. The molecule has 0 heterocycles. The normalized spacial score (nSPS) is 10.1. The number of carbonyl (C=O) groups is 1. The SMILES string of the molecule is CCc1ccccc1Oc1ccc(NC(=O)CN)cc1. The number of aryl methyl sites for hydroxylation is 1. The van der Waals surface area contributed by atoms with Gasteiger partial charge in [-0.25, -0.2) is 0 Å². The zero-order valence-corrected chi connectivity index (χ0v) is 11.4. The van der Waals surface area contributed by atoms with Crippen molar-refractivity contribution in [2.24, 2.45) is 5.73 Å². The molecule has 3 N–H and O–H groups in total. The van der Waals surface area contributed by atoms with Gasteiger partial charge in [0.2, 0.25) is 5.91 Å². The number of benzene rings is 2. The van der Waals surface area contributed by atoms with Crippen LogP contribution in [0.2, 0.25) is 0 Å². The maximum absolute atomic E-state index is 11.2. The maximum atomic E-state index is 11.2. The molecule has 1 amide bonds. The quantitative estimate of drug-likeness (QED) is 0.878. The van der Waals surface area contributed by atoms with Crippen LogP contribution in [0, 0.1) is 0 Å². The summed E-state index contributed by atoms with van der Waals surface area (Å²) in [5, 5.41) is 2.69. The molecule has 0 radical (unpaired) electrons. The molecule has 4 heteroatoms. The van der Waals surface area contributed by atoms with Gasteiger partial charge in [0.15, 0.2) is 0 Å². The van der Waals surface area contributed by atoms with E-state index in [1.807, 2.05) is 36.4 Å². The number of nitrogens with one attached hydrogen (secondary N) is 1. The fourth-order valence-corrected chi connectivity index (χ4v) is 1.84. The second-order valence-corrected chi connectivity index (χ2v) is 4.34. The van der Waals surface area contributed by atoms with Crippen molar-refractivity contribution < 1.29 is 9.53 Å². The van der Waals surface area contributed by atoms with Crippen LogP contribution in [0.3, 0.4) is 0 Å². The minimum atomic E-state index is -0.213. The van der Waals surface area contributed by atoms with Gasteiger partial charge in [0.25, 0.3) is 0 Å². The highest BCUT2D eigenvalue weighted by Gasteiger charge is 2.03. The molecule has 0 saturated carbocycles. The van der Waals surface area contributed by atoms with Gasteiger partial charge >= 0.3 is 0 Å². The number of hydrogen-bond acceptors (Lipinski definition) is 3. The highest BCUT2D eigenvalue weighted by Crippen LogP contribution is 2.26. The molecule has 2 aromatic rings. The Bertz CT molecular complexity index is 579. The lowest BCUT2D eigenvalue weighted by Crippen LogP contribution is -2.21. The van der Waals surface area contributed by atoms with Gasteiger partial charge in [-0.2, -0.15) is 0 Å². The van der Waals surface area contributed by atoms with E-state index < -0.39 is 0 Å². The van der Waals surface area contributed by atoms with Gasteiger partial charge in [-0.1, -0.05) is 25.1 Å². The van der Waals surface area contributed by atoms with E-state index in [0.717, 1.165) is 23.5 Å². The number of ether oxygens (including phenoxy) is 1. The molecule has 104 valence electrons. The van der Waals surface area contributed by atoms with Crippen LogP contribution in [-0.4, -0.2) is 12.5 Å². The van der Waals surface area contributed by atoms with E-state index >= 15 is 0 Å². The van der Waals surface area contributed by atoms with Crippen LogP contribution in [0.1, 0.15) is 12.5 Å². The number of carbonyl (C=O) groups excluding carboxylic acids is 1. The van der Waals surface area contributed by atoms with Crippen LogP contribution in [0.25, 0.3) is 0 Å². The fraction of sp³-hybridized carbons (Fsp3) is 0.188. The van der Waals surface area contributed by atoms with Crippen molar-refractivity contribution in [3.8, 4) is 11.5 Å². The Balaban J connectivity index is 2.09. The molecule has 0 aliphatic rings. The van der Waals surface area contributed by atoms with E-state index in [2.05, 4.69) is 12.2 Å². The molecule has 0 unspecified atom stereocenters. The lowest BCUT2D eigenvalue weighted by molar-refractivity contribution is -0.114. The van der Waals surface area contributed by atoms with Gasteiger partial charge in [0, 0.05) is 5.69 Å². The largest absolute Gasteiger partial charge is 0.457 e. The predicted molar refractivity (Wildman–Crippen MR) is 80.0 cm³/mol. The third kappa shape index (κ3) is 3.59. The third-order valence-electron chi connectivity index (χ3n) is 2.90. The minimum absolute atomic E-state index is 0.0257. The van der Waals surface area contributed by atoms with Crippen molar-refractivity contribution in [1.29, 1.82) is 0 Å². The summed E-state index contributed by atoms with van der Waals surface area (Å²) in [6, 6.07) is 15.2. The Morgan fingerprint density at radius 1 is 1.15 bits per heavy atom. The number of anilines is 1. The summed E-state index contributed by atoms with van der Waals surface area (Å²) in [5.74, 6) is 1.38. The topological polar surface area (TPSA) is 64.3 Å². The summed E-state index contributed by atoms with van der Waals surface area (Å²) in [4.78, 5) is 11.2. The number of rotatable bonds is 5. The summed E-state index contributed by atoms with van der Waals surface area (Å²) in [6.07, 6.45) is 0.917. The average Bonchev–Trinajstić information content (AvgIpc) is 2.49. The molecular formula is C16H18N2O2. The molecule has 20 heavy (non-hydrogen) atoms. The Hall–Kier alpha value is -2.33. The second-order valence-electron chi connectivity index (χ2n) is 4.34. The molecule has 0 spiro atoms. The predicted octanol–water partition coefficient (Wildman–Crippen LogP) is 2.94. The Kier molecular flexibility index (Phi) is 4.74. The van der Waals surface area contributed by atoms with Gasteiger partial charge in [-0.3, -0.25) is 4.79 Å². The van der Waals surface area contributed by atoms with E-state index in [1.165, 1.54) is 0 Å². The molecule has 0 saturated heterocycles. The molecule has 0 fully saturated rings. The maximum Gasteiger partial charge on any atom is 0.238 e. The van der Waals surface area contributed by atoms with Gasteiger partial charge in [-0.15, -0.1) is 0 Å². The van der Waals surface area contributed by atoms with Crippen molar-refractivity contribution in [2.45, 2.75) is 13.3 Å². The Labute approximate surface area is 118 Å². The summed E-state index contributed by atoms with van der Waals surface area (Å²) in [6.45, 7) is 2.07. The number of hydrogen-bond donors (Lipinski definition) is 2. The van der Waals surface area contributed by atoms with Crippen LogP contribution in [0.4, 0.5) is 5.69 Å². The second kappa shape index (κ2) is 6.73. The zero-order valence-electron chi connectivity index (χ0n) is 11.4. The van der Waals surface area contributed by atoms with E-state index in [-0.39, 0.29) is 12.5 Å². The van der Waals surface area contributed by atoms with Crippen molar-refractivity contribution in [1.82, 2.24) is 0 Å². The lowest BCUT2D eigenvalue weighted by atomic mass is 10.1. The summed E-state index contributed by atoms with van der Waals surface area (Å²) in [7, 11) is 0. The molecule has 0 bridgehead atoms. The first kappa shape index (κ1) is 14.1. The molecule has 4 nitrogen and oxygen atoms in total. The Morgan fingerprint density at radius 3 is 2.50 bits per heavy atom. The van der Waals surface area contributed by atoms with Crippen LogP contribution in [-0.2, 0) is 11.2 Å². The first-order valence-electron chi connectivity index (χ1n) is 6.58. The van der Waals surface area contributed by atoms with Crippen molar-refractivity contribution in [3.63, 3.8) is 0 Å². The van der Waals surface area contributed by atoms with Gasteiger partial charge < -0.3 is 15.8 Å². The van der Waals surface area contributed by atoms with Crippen molar-refractivity contribution in [3.05, 3.63) is 54.1 Å². The van der Waals surface area contributed by atoms with Crippen molar-refractivity contribution in [2.75, 3.05) is 11.9 Å². The summed E-state index contributed by atoms with van der Waals surface area (Å²) >= 11 is 0. The summed E-state index contributed by atoms with van der Waals surface area (Å²) < 4.78 is 5.85. The molecule has 0 atom stereocenters. The number of nitrogens with two attached hydrogens (primary N) is 1. The van der Waals surface area contributed by atoms with Gasteiger partial charge in [0.1, 0.15) is 11.5 Å². The smallest absolute Gasteiger partial charge is 0.238 e. The molecule has 2 rings (SSSR count). The average molecular weight is 270 g/mol. The van der Waals surface area contributed by atoms with Gasteiger partial charge in [-0.05, 0) is 42.3 Å². The lowest BCUT2D eigenvalue weighted by Gasteiger charge is -2.10. The van der Waals surface area contributed by atoms with Crippen molar-refractivity contribution >= 4 is 11.6 Å². The number of para-hydroxylation sites is 1. The molecule has 0 aliphatic carbocycles. The Morgan fingerprint density at radius 2 is 1.85 bits per heavy atom. The van der Waals surface area contributed by atoms with Crippen LogP contribution < -0.4 is 15.8 Å². The number of amides is 1. The van der Waals surface area contributed by atoms with E-state index in [0.29, 0.717) is 5.69 Å².